The topological polar surface area (TPSA) is 99.9 Å². The fourth-order valence-corrected chi connectivity index (χ4v) is 3.55. The number of nitrogens with one attached hydrogen (secondary N) is 1. The standard InChI is InChI=1S/C16H16N2O5S/c1-9-7-18(8-11(9)16(21)22)15(20)10-4-6-24-14(10)17-13(19)12-3-2-5-23-12/h2-6,9,11H,7-8H2,1H3,(H,17,19)(H,21,22)/t9-,11-/m1/s1. The number of carboxylic acid groups (broad SMARTS) is 1. The normalized spacial score (nSPS) is 20.1. The second kappa shape index (κ2) is 6.48. The zero-order chi connectivity index (χ0) is 17.3. The van der Waals surface area contributed by atoms with Crippen LogP contribution in [0.5, 0.6) is 0 Å². The Kier molecular flexibility index (Phi) is 4.39. The second-order valence-electron chi connectivity index (χ2n) is 5.73. The fraction of sp³-hybridized carbons (Fsp3) is 0.312. The fourth-order valence-electron chi connectivity index (χ4n) is 2.77. The van der Waals surface area contributed by atoms with E-state index in [4.69, 9.17) is 4.42 Å². The number of hydrogen-bond donors (Lipinski definition) is 2. The number of carbonyl (C=O) groups excluding carboxylic acids is 2. The van der Waals surface area contributed by atoms with Gasteiger partial charge < -0.3 is 19.7 Å². The summed E-state index contributed by atoms with van der Waals surface area (Å²) in [6.07, 6.45) is 1.40. The lowest BCUT2D eigenvalue weighted by Gasteiger charge is -2.16. The molecule has 2 atom stereocenters. The number of carboxylic acids is 1. The summed E-state index contributed by atoms with van der Waals surface area (Å²) in [5.74, 6) is -2.12. The number of thiophene rings is 1. The van der Waals surface area contributed by atoms with Crippen molar-refractivity contribution in [1.29, 1.82) is 0 Å². The number of carbonyl (C=O) groups is 3. The van der Waals surface area contributed by atoms with Crippen LogP contribution in [0.2, 0.25) is 0 Å². The first-order chi connectivity index (χ1) is 11.5. The molecule has 0 unspecified atom stereocenters. The van der Waals surface area contributed by atoms with Crippen LogP contribution in [0.3, 0.4) is 0 Å². The molecule has 2 aromatic heterocycles. The van der Waals surface area contributed by atoms with Gasteiger partial charge in [0, 0.05) is 13.1 Å². The van der Waals surface area contributed by atoms with Crippen molar-refractivity contribution in [3.05, 3.63) is 41.2 Å². The lowest BCUT2D eigenvalue weighted by molar-refractivity contribution is -0.142. The van der Waals surface area contributed by atoms with Gasteiger partial charge in [0.15, 0.2) is 5.76 Å². The van der Waals surface area contributed by atoms with Crippen LogP contribution in [-0.2, 0) is 4.79 Å². The molecule has 3 rings (SSSR count). The summed E-state index contributed by atoms with van der Waals surface area (Å²) < 4.78 is 5.03. The number of aliphatic carboxylic acids is 1. The summed E-state index contributed by atoms with van der Waals surface area (Å²) in [4.78, 5) is 37.5. The smallest absolute Gasteiger partial charge is 0.308 e. The van der Waals surface area contributed by atoms with Crippen molar-refractivity contribution in [3.63, 3.8) is 0 Å². The molecular formula is C16H16N2O5S. The third-order valence-corrected chi connectivity index (χ3v) is 4.91. The van der Waals surface area contributed by atoms with E-state index in [1.54, 1.807) is 17.5 Å². The number of likely N-dealkylation sites (tertiary alicyclic amines) is 1. The second-order valence-corrected chi connectivity index (χ2v) is 6.64. The summed E-state index contributed by atoms with van der Waals surface area (Å²) >= 11 is 1.23. The van der Waals surface area contributed by atoms with Crippen molar-refractivity contribution in [3.8, 4) is 0 Å². The molecule has 0 saturated carbocycles. The van der Waals surface area contributed by atoms with Crippen LogP contribution in [0.4, 0.5) is 5.00 Å². The van der Waals surface area contributed by atoms with E-state index in [1.807, 2.05) is 6.92 Å². The molecular weight excluding hydrogens is 332 g/mol. The molecule has 0 aliphatic carbocycles. The number of hydrogen-bond acceptors (Lipinski definition) is 5. The largest absolute Gasteiger partial charge is 0.481 e. The van der Waals surface area contributed by atoms with Gasteiger partial charge in [-0.25, -0.2) is 0 Å². The van der Waals surface area contributed by atoms with Gasteiger partial charge in [-0.15, -0.1) is 11.3 Å². The van der Waals surface area contributed by atoms with Crippen molar-refractivity contribution in [2.24, 2.45) is 11.8 Å². The minimum absolute atomic E-state index is 0.105. The number of furan rings is 1. The van der Waals surface area contributed by atoms with Gasteiger partial charge in [-0.3, -0.25) is 14.4 Å². The maximum Gasteiger partial charge on any atom is 0.308 e. The van der Waals surface area contributed by atoms with Crippen LogP contribution in [0.25, 0.3) is 0 Å². The number of nitrogens with zero attached hydrogens (tertiary/aromatic N) is 1. The summed E-state index contributed by atoms with van der Waals surface area (Å²) in [6, 6.07) is 4.76. The van der Waals surface area contributed by atoms with Crippen molar-refractivity contribution >= 4 is 34.1 Å². The highest BCUT2D eigenvalue weighted by atomic mass is 32.1. The first kappa shape index (κ1) is 16.3. The molecule has 0 aromatic carbocycles. The van der Waals surface area contributed by atoms with E-state index in [-0.39, 0.29) is 24.1 Å². The molecule has 24 heavy (non-hydrogen) atoms. The Balaban J connectivity index is 1.74. The van der Waals surface area contributed by atoms with Gasteiger partial charge >= 0.3 is 5.97 Å². The van der Waals surface area contributed by atoms with Gasteiger partial charge in [0.25, 0.3) is 11.8 Å². The van der Waals surface area contributed by atoms with Crippen molar-refractivity contribution in [2.45, 2.75) is 6.92 Å². The predicted octanol–water partition coefficient (Wildman–Crippen LogP) is 2.39. The summed E-state index contributed by atoms with van der Waals surface area (Å²) in [7, 11) is 0. The molecule has 1 aliphatic rings. The third-order valence-electron chi connectivity index (χ3n) is 4.08. The molecule has 1 fully saturated rings. The number of rotatable bonds is 4. The Hall–Kier alpha value is -2.61. The van der Waals surface area contributed by atoms with Crippen molar-refractivity contribution in [1.82, 2.24) is 4.90 Å². The summed E-state index contributed by atoms with van der Waals surface area (Å²) in [5.41, 5.74) is 0.359. The van der Waals surface area contributed by atoms with E-state index in [2.05, 4.69) is 5.32 Å². The van der Waals surface area contributed by atoms with Gasteiger partial charge in [-0.2, -0.15) is 0 Å². The quantitative estimate of drug-likeness (QED) is 0.884. The van der Waals surface area contributed by atoms with Gasteiger partial charge in [-0.05, 0) is 29.5 Å². The zero-order valence-electron chi connectivity index (χ0n) is 12.9. The minimum Gasteiger partial charge on any atom is -0.481 e. The van der Waals surface area contributed by atoms with E-state index < -0.39 is 17.8 Å². The molecule has 2 N–H and O–H groups in total. The van der Waals surface area contributed by atoms with Crippen LogP contribution in [-0.4, -0.2) is 40.9 Å². The van der Waals surface area contributed by atoms with Crippen LogP contribution < -0.4 is 5.32 Å². The highest BCUT2D eigenvalue weighted by molar-refractivity contribution is 7.14. The highest BCUT2D eigenvalue weighted by Crippen LogP contribution is 2.29. The molecule has 0 radical (unpaired) electrons. The van der Waals surface area contributed by atoms with Crippen LogP contribution in [0.1, 0.15) is 27.8 Å². The lowest BCUT2D eigenvalue weighted by atomic mass is 9.99. The van der Waals surface area contributed by atoms with Gasteiger partial charge in [0.1, 0.15) is 5.00 Å². The minimum atomic E-state index is -0.894. The molecule has 1 aliphatic heterocycles. The predicted molar refractivity (Wildman–Crippen MR) is 87.2 cm³/mol. The average molecular weight is 348 g/mol. The molecule has 7 nitrogen and oxygen atoms in total. The molecule has 126 valence electrons. The first-order valence-electron chi connectivity index (χ1n) is 7.41. The average Bonchev–Trinajstić information content (AvgIpc) is 3.26. The number of anilines is 1. The van der Waals surface area contributed by atoms with E-state index in [9.17, 15) is 19.5 Å². The van der Waals surface area contributed by atoms with Gasteiger partial charge in [-0.1, -0.05) is 6.92 Å². The van der Waals surface area contributed by atoms with E-state index in [0.29, 0.717) is 17.1 Å². The Labute approximate surface area is 141 Å². The maximum atomic E-state index is 12.7. The maximum absolute atomic E-state index is 12.7. The van der Waals surface area contributed by atoms with Crippen molar-refractivity contribution < 1.29 is 23.9 Å². The van der Waals surface area contributed by atoms with E-state index in [1.165, 1.54) is 28.6 Å². The molecule has 0 spiro atoms. The number of amides is 2. The molecule has 2 amide bonds. The Morgan fingerprint density at radius 1 is 1.33 bits per heavy atom. The monoisotopic (exact) mass is 348 g/mol. The SMILES string of the molecule is C[C@@H]1CN(C(=O)c2ccsc2NC(=O)c2ccco2)C[C@H]1C(=O)O. The van der Waals surface area contributed by atoms with Crippen molar-refractivity contribution in [2.75, 3.05) is 18.4 Å². The van der Waals surface area contributed by atoms with Crippen LogP contribution >= 0.6 is 11.3 Å². The van der Waals surface area contributed by atoms with Gasteiger partial charge in [0.2, 0.25) is 0 Å². The van der Waals surface area contributed by atoms with E-state index >= 15 is 0 Å². The Morgan fingerprint density at radius 2 is 2.12 bits per heavy atom. The molecule has 3 heterocycles. The first-order valence-corrected chi connectivity index (χ1v) is 8.29. The molecule has 0 bridgehead atoms. The van der Waals surface area contributed by atoms with Crippen LogP contribution in [0.15, 0.2) is 34.3 Å². The lowest BCUT2D eigenvalue weighted by Crippen LogP contribution is -2.30. The summed E-state index contributed by atoms with van der Waals surface area (Å²) in [5, 5.41) is 14.0. The zero-order valence-corrected chi connectivity index (χ0v) is 13.7. The van der Waals surface area contributed by atoms with E-state index in [0.717, 1.165) is 0 Å². The Morgan fingerprint density at radius 3 is 2.75 bits per heavy atom. The third kappa shape index (κ3) is 3.05. The molecule has 1 saturated heterocycles. The highest BCUT2D eigenvalue weighted by Gasteiger charge is 2.37. The Bertz CT molecular complexity index is 767. The summed E-state index contributed by atoms with van der Waals surface area (Å²) in [6.45, 7) is 2.38. The molecule has 2 aromatic rings. The molecule has 8 heteroatoms. The van der Waals surface area contributed by atoms with Crippen LogP contribution in [0, 0.1) is 11.8 Å². The van der Waals surface area contributed by atoms with Gasteiger partial charge in [0.05, 0.1) is 17.7 Å².